The molecule has 1 radical (unpaired) electrons. The first-order valence-electron chi connectivity index (χ1n) is 12.0. The molecule has 1 aliphatic heterocycles. The van der Waals surface area contributed by atoms with E-state index in [0.29, 0.717) is 0 Å². The number of hydrogen-bond donors (Lipinski definition) is 0. The summed E-state index contributed by atoms with van der Waals surface area (Å²) in [6.07, 6.45) is 17.5. The number of halogens is 1. The van der Waals surface area contributed by atoms with Gasteiger partial charge in [-0.2, -0.15) is 0 Å². The van der Waals surface area contributed by atoms with Crippen molar-refractivity contribution in [3.8, 4) is 0 Å². The number of morpholine rings is 1. The molecule has 5 heteroatoms. The molecule has 0 spiro atoms. The molecular formula is C24H45ClNO2Si. The Morgan fingerprint density at radius 3 is 2.10 bits per heavy atom. The fourth-order valence-electron chi connectivity index (χ4n) is 4.20. The van der Waals surface area contributed by atoms with E-state index in [-0.39, 0.29) is 21.2 Å². The summed E-state index contributed by atoms with van der Waals surface area (Å²) in [6, 6.07) is 8.33. The van der Waals surface area contributed by atoms with Crippen LogP contribution in [0.4, 0.5) is 0 Å². The fourth-order valence-corrected chi connectivity index (χ4v) is 6.91. The van der Waals surface area contributed by atoms with E-state index < -0.39 is 0 Å². The maximum atomic E-state index is 5.66. The highest BCUT2D eigenvalue weighted by atomic mass is 35.5. The molecule has 0 bridgehead atoms. The third kappa shape index (κ3) is 13.6. The van der Waals surface area contributed by atoms with Gasteiger partial charge in [0, 0.05) is 13.1 Å². The SMILES string of the molecule is CCCCCCCCCCCC[Si](CCCN1CCOCC1)Cc1ccco1.Cl. The van der Waals surface area contributed by atoms with E-state index in [0.717, 1.165) is 26.3 Å². The van der Waals surface area contributed by atoms with E-state index in [2.05, 4.69) is 17.9 Å². The lowest BCUT2D eigenvalue weighted by Crippen LogP contribution is -2.37. The lowest BCUT2D eigenvalue weighted by molar-refractivity contribution is 0.0380. The van der Waals surface area contributed by atoms with Crippen LogP contribution in [-0.4, -0.2) is 46.5 Å². The van der Waals surface area contributed by atoms with Crippen LogP contribution in [0.2, 0.25) is 12.1 Å². The van der Waals surface area contributed by atoms with Crippen LogP contribution >= 0.6 is 12.4 Å². The molecule has 0 atom stereocenters. The first-order chi connectivity index (χ1) is 13.9. The van der Waals surface area contributed by atoms with Gasteiger partial charge < -0.3 is 9.15 Å². The Bertz CT molecular complexity index is 452. The quantitative estimate of drug-likeness (QED) is 0.193. The number of furan rings is 1. The molecule has 3 nitrogen and oxygen atoms in total. The van der Waals surface area contributed by atoms with Crippen molar-refractivity contribution in [2.45, 2.75) is 95.7 Å². The van der Waals surface area contributed by atoms with Crippen molar-refractivity contribution >= 4 is 21.2 Å². The number of hydrogen-bond acceptors (Lipinski definition) is 3. The van der Waals surface area contributed by atoms with E-state index in [1.54, 1.807) is 0 Å². The van der Waals surface area contributed by atoms with E-state index >= 15 is 0 Å². The summed E-state index contributed by atoms with van der Waals surface area (Å²) >= 11 is 0. The second kappa shape index (κ2) is 18.5. The average molecular weight is 443 g/mol. The van der Waals surface area contributed by atoms with Crippen molar-refractivity contribution in [1.29, 1.82) is 0 Å². The molecule has 0 aromatic carbocycles. The third-order valence-corrected chi connectivity index (χ3v) is 8.97. The molecule has 0 aliphatic carbocycles. The highest BCUT2D eigenvalue weighted by Crippen LogP contribution is 2.17. The molecule has 2 heterocycles. The Balaban J connectivity index is 0.00000420. The van der Waals surface area contributed by atoms with Gasteiger partial charge in [-0.25, -0.2) is 0 Å². The highest BCUT2D eigenvalue weighted by Gasteiger charge is 2.15. The number of unbranched alkanes of at least 4 members (excludes halogenated alkanes) is 9. The van der Waals surface area contributed by atoms with Crippen LogP contribution in [0.5, 0.6) is 0 Å². The normalized spacial score (nSPS) is 15.0. The average Bonchev–Trinajstić information content (AvgIpc) is 3.23. The van der Waals surface area contributed by atoms with Gasteiger partial charge in [-0.15, -0.1) is 12.4 Å². The van der Waals surface area contributed by atoms with E-state index in [4.69, 9.17) is 9.15 Å². The number of rotatable bonds is 17. The summed E-state index contributed by atoms with van der Waals surface area (Å²) in [6.45, 7) is 7.64. The van der Waals surface area contributed by atoms with Gasteiger partial charge in [-0.1, -0.05) is 83.2 Å². The van der Waals surface area contributed by atoms with Crippen molar-refractivity contribution in [3.05, 3.63) is 24.2 Å². The second-order valence-electron chi connectivity index (χ2n) is 8.50. The Morgan fingerprint density at radius 2 is 1.48 bits per heavy atom. The Hall–Kier alpha value is -0.293. The molecule has 2 rings (SSSR count). The molecule has 0 N–H and O–H groups in total. The van der Waals surface area contributed by atoms with Crippen LogP contribution in [0.3, 0.4) is 0 Å². The second-order valence-corrected chi connectivity index (χ2v) is 11.3. The molecule has 1 aromatic heterocycles. The van der Waals surface area contributed by atoms with Gasteiger partial charge in [-0.3, -0.25) is 4.90 Å². The fraction of sp³-hybridized carbons (Fsp3) is 0.833. The molecule has 1 aliphatic rings. The predicted molar refractivity (Wildman–Crippen MR) is 129 cm³/mol. The molecule has 1 aromatic rings. The minimum absolute atomic E-state index is 0. The largest absolute Gasteiger partial charge is 0.470 e. The van der Waals surface area contributed by atoms with Gasteiger partial charge in [0.1, 0.15) is 5.76 Å². The molecule has 1 saturated heterocycles. The zero-order valence-corrected chi connectivity index (χ0v) is 20.7. The zero-order chi connectivity index (χ0) is 19.7. The summed E-state index contributed by atoms with van der Waals surface area (Å²) < 4.78 is 11.1. The Kier molecular flexibility index (Phi) is 17.0. The van der Waals surface area contributed by atoms with Gasteiger partial charge in [0.15, 0.2) is 0 Å². The Labute approximate surface area is 188 Å². The third-order valence-electron chi connectivity index (χ3n) is 6.00. The minimum atomic E-state index is -0.326. The van der Waals surface area contributed by atoms with Crippen LogP contribution in [0.25, 0.3) is 0 Å². The van der Waals surface area contributed by atoms with Gasteiger partial charge >= 0.3 is 0 Å². The first kappa shape index (κ1) is 26.7. The van der Waals surface area contributed by atoms with Gasteiger partial charge in [0.25, 0.3) is 0 Å². The van der Waals surface area contributed by atoms with Crippen LogP contribution in [0.1, 0.15) is 83.3 Å². The van der Waals surface area contributed by atoms with Crippen LogP contribution in [0, 0.1) is 0 Å². The summed E-state index contributed by atoms with van der Waals surface area (Å²) in [5.74, 6) is 1.22. The predicted octanol–water partition coefficient (Wildman–Crippen LogP) is 6.92. The van der Waals surface area contributed by atoms with E-state index in [1.165, 1.54) is 101 Å². The standard InChI is InChI=1S/C24H44NO2Si.ClH/c1-2-3-4-5-6-7-8-9-10-11-21-28(23-24-14-12-18-27-24)22-13-15-25-16-19-26-20-17-25;/h12,14,18H,2-11,13,15-17,19-23H2,1H3;1H. The zero-order valence-electron chi connectivity index (χ0n) is 18.8. The molecule has 29 heavy (non-hydrogen) atoms. The smallest absolute Gasteiger partial charge is 0.100 e. The summed E-state index contributed by atoms with van der Waals surface area (Å²) in [4.78, 5) is 2.58. The summed E-state index contributed by atoms with van der Waals surface area (Å²) in [7, 11) is -0.326. The van der Waals surface area contributed by atoms with Crippen molar-refractivity contribution in [2.24, 2.45) is 0 Å². The maximum Gasteiger partial charge on any atom is 0.100 e. The van der Waals surface area contributed by atoms with Crippen LogP contribution in [0.15, 0.2) is 22.8 Å². The van der Waals surface area contributed by atoms with Gasteiger partial charge in [-0.05, 0) is 31.1 Å². The molecule has 0 amide bonds. The van der Waals surface area contributed by atoms with Crippen molar-refractivity contribution in [1.82, 2.24) is 4.90 Å². The molecule has 0 unspecified atom stereocenters. The molecular weight excluding hydrogens is 398 g/mol. The molecule has 169 valence electrons. The van der Waals surface area contributed by atoms with Crippen LogP contribution < -0.4 is 0 Å². The maximum absolute atomic E-state index is 5.66. The number of ether oxygens (including phenoxy) is 1. The first-order valence-corrected chi connectivity index (χ1v) is 14.2. The minimum Gasteiger partial charge on any atom is -0.470 e. The lowest BCUT2D eigenvalue weighted by atomic mass is 10.1. The number of nitrogens with zero attached hydrogens (tertiary/aromatic N) is 1. The molecule has 0 saturated carbocycles. The highest BCUT2D eigenvalue weighted by molar-refractivity contribution is 6.58. The van der Waals surface area contributed by atoms with E-state index in [1.807, 2.05) is 12.3 Å². The van der Waals surface area contributed by atoms with Crippen molar-refractivity contribution in [2.75, 3.05) is 32.8 Å². The Morgan fingerprint density at radius 1 is 0.862 bits per heavy atom. The van der Waals surface area contributed by atoms with Gasteiger partial charge in [0.2, 0.25) is 0 Å². The van der Waals surface area contributed by atoms with Crippen LogP contribution in [-0.2, 0) is 10.8 Å². The van der Waals surface area contributed by atoms with Gasteiger partial charge in [0.05, 0.1) is 28.3 Å². The monoisotopic (exact) mass is 442 g/mol. The topological polar surface area (TPSA) is 25.6 Å². The summed E-state index contributed by atoms with van der Waals surface area (Å²) in [5, 5.41) is 0. The van der Waals surface area contributed by atoms with Crippen molar-refractivity contribution < 1.29 is 9.15 Å². The van der Waals surface area contributed by atoms with E-state index in [9.17, 15) is 0 Å². The lowest BCUT2D eigenvalue weighted by Gasteiger charge is -2.27. The molecule has 1 fully saturated rings. The summed E-state index contributed by atoms with van der Waals surface area (Å²) in [5.41, 5.74) is 0. The van der Waals surface area contributed by atoms with Crippen molar-refractivity contribution in [3.63, 3.8) is 0 Å².